The summed E-state index contributed by atoms with van der Waals surface area (Å²) in [6, 6.07) is 6.49. The molecule has 2 aromatic rings. The van der Waals surface area contributed by atoms with Crippen molar-refractivity contribution in [2.75, 3.05) is 5.32 Å². The molecule has 0 spiro atoms. The Morgan fingerprint density at radius 1 is 1.24 bits per heavy atom. The lowest BCUT2D eigenvalue weighted by molar-refractivity contribution is -0.384. The minimum atomic E-state index is -0.445. The van der Waals surface area contributed by atoms with E-state index in [0.717, 1.165) is 5.56 Å². The van der Waals surface area contributed by atoms with Gasteiger partial charge in [-0.2, -0.15) is 0 Å². The molecule has 0 fully saturated rings. The second-order valence-corrected chi connectivity index (χ2v) is 3.37. The van der Waals surface area contributed by atoms with Gasteiger partial charge in [0.05, 0.1) is 11.0 Å². The number of pyridine rings is 2. The Morgan fingerprint density at radius 3 is 2.71 bits per heavy atom. The molecule has 0 saturated carbocycles. The van der Waals surface area contributed by atoms with Crippen LogP contribution < -0.4 is 5.32 Å². The maximum absolute atomic E-state index is 10.6. The Bertz CT molecular complexity index is 516. The van der Waals surface area contributed by atoms with Crippen molar-refractivity contribution in [3.63, 3.8) is 0 Å². The first-order valence-electron chi connectivity index (χ1n) is 4.99. The van der Waals surface area contributed by atoms with Crippen molar-refractivity contribution in [1.82, 2.24) is 9.97 Å². The summed E-state index contributed by atoms with van der Waals surface area (Å²) in [5.41, 5.74) is 1.06. The molecule has 2 aromatic heterocycles. The van der Waals surface area contributed by atoms with Crippen molar-refractivity contribution in [2.45, 2.75) is 6.54 Å². The normalized spacial score (nSPS) is 9.88. The number of nitro groups is 1. The van der Waals surface area contributed by atoms with Crippen LogP contribution in [0.2, 0.25) is 0 Å². The number of aromatic nitrogens is 2. The standard InChI is InChI=1S/C11H10N4O2/c16-15(17)10-3-6-13-11(7-10)14-8-9-1-4-12-5-2-9/h1-7H,8H2,(H,13,14). The Kier molecular flexibility index (Phi) is 3.25. The zero-order chi connectivity index (χ0) is 12.1. The van der Waals surface area contributed by atoms with E-state index in [1.807, 2.05) is 12.1 Å². The van der Waals surface area contributed by atoms with Gasteiger partial charge in [-0.25, -0.2) is 4.98 Å². The quantitative estimate of drug-likeness (QED) is 0.641. The van der Waals surface area contributed by atoms with Crippen LogP contribution in [0.15, 0.2) is 42.9 Å². The smallest absolute Gasteiger partial charge is 0.274 e. The third kappa shape index (κ3) is 2.97. The molecule has 0 aliphatic heterocycles. The van der Waals surface area contributed by atoms with E-state index in [2.05, 4.69) is 15.3 Å². The fraction of sp³-hybridized carbons (Fsp3) is 0.0909. The van der Waals surface area contributed by atoms with Gasteiger partial charge in [0.1, 0.15) is 5.82 Å². The first-order valence-corrected chi connectivity index (χ1v) is 4.99. The Hall–Kier alpha value is -2.50. The van der Waals surface area contributed by atoms with Crippen molar-refractivity contribution in [2.24, 2.45) is 0 Å². The number of hydrogen-bond acceptors (Lipinski definition) is 5. The summed E-state index contributed by atoms with van der Waals surface area (Å²) in [6.07, 6.45) is 4.79. The van der Waals surface area contributed by atoms with Crippen LogP contribution in [0.5, 0.6) is 0 Å². The lowest BCUT2D eigenvalue weighted by atomic mass is 10.3. The van der Waals surface area contributed by atoms with E-state index in [-0.39, 0.29) is 5.69 Å². The average molecular weight is 230 g/mol. The van der Waals surface area contributed by atoms with Gasteiger partial charge in [0, 0.05) is 31.2 Å². The molecular formula is C11H10N4O2. The molecule has 6 nitrogen and oxygen atoms in total. The molecule has 86 valence electrons. The van der Waals surface area contributed by atoms with Gasteiger partial charge in [0.25, 0.3) is 5.69 Å². The molecule has 0 aromatic carbocycles. The van der Waals surface area contributed by atoms with Crippen molar-refractivity contribution in [3.8, 4) is 0 Å². The monoisotopic (exact) mass is 230 g/mol. The third-order valence-corrected chi connectivity index (χ3v) is 2.18. The van der Waals surface area contributed by atoms with Crippen LogP contribution in [-0.2, 0) is 6.54 Å². The fourth-order valence-corrected chi connectivity index (χ4v) is 1.32. The molecule has 2 heterocycles. The van der Waals surface area contributed by atoms with E-state index >= 15 is 0 Å². The summed E-state index contributed by atoms with van der Waals surface area (Å²) in [5, 5.41) is 13.6. The molecule has 0 aliphatic carbocycles. The Balaban J connectivity index is 2.04. The summed E-state index contributed by atoms with van der Waals surface area (Å²) in [6.45, 7) is 0.552. The zero-order valence-corrected chi connectivity index (χ0v) is 8.91. The molecule has 17 heavy (non-hydrogen) atoms. The van der Waals surface area contributed by atoms with Gasteiger partial charge < -0.3 is 5.32 Å². The topological polar surface area (TPSA) is 81.0 Å². The highest BCUT2D eigenvalue weighted by atomic mass is 16.6. The van der Waals surface area contributed by atoms with Crippen LogP contribution in [0.4, 0.5) is 11.5 Å². The van der Waals surface area contributed by atoms with Gasteiger partial charge in [-0.05, 0) is 17.7 Å². The molecule has 6 heteroatoms. The predicted octanol–water partition coefficient (Wildman–Crippen LogP) is 2.00. The van der Waals surface area contributed by atoms with Crippen molar-refractivity contribution in [1.29, 1.82) is 0 Å². The maximum atomic E-state index is 10.6. The molecule has 1 N–H and O–H groups in total. The highest BCUT2D eigenvalue weighted by Gasteiger charge is 2.05. The van der Waals surface area contributed by atoms with Crippen molar-refractivity contribution in [3.05, 3.63) is 58.5 Å². The summed E-state index contributed by atoms with van der Waals surface area (Å²) in [4.78, 5) is 18.0. The average Bonchev–Trinajstić information content (AvgIpc) is 2.38. The van der Waals surface area contributed by atoms with E-state index in [9.17, 15) is 10.1 Å². The minimum absolute atomic E-state index is 0.0252. The summed E-state index contributed by atoms with van der Waals surface area (Å²) in [5.74, 6) is 0.482. The lowest BCUT2D eigenvalue weighted by Gasteiger charge is -2.04. The first-order chi connectivity index (χ1) is 8.25. The molecular weight excluding hydrogens is 220 g/mol. The third-order valence-electron chi connectivity index (χ3n) is 2.18. The molecule has 0 unspecified atom stereocenters. The Morgan fingerprint density at radius 2 is 2.00 bits per heavy atom. The van der Waals surface area contributed by atoms with Gasteiger partial charge in [0.2, 0.25) is 0 Å². The number of nitrogens with zero attached hydrogens (tertiary/aromatic N) is 3. The summed E-state index contributed by atoms with van der Waals surface area (Å²) < 4.78 is 0. The summed E-state index contributed by atoms with van der Waals surface area (Å²) in [7, 11) is 0. The molecule has 0 aliphatic rings. The van der Waals surface area contributed by atoms with E-state index in [1.54, 1.807) is 12.4 Å². The number of nitrogens with one attached hydrogen (secondary N) is 1. The SMILES string of the molecule is O=[N+]([O-])c1ccnc(NCc2ccncc2)c1. The largest absolute Gasteiger partial charge is 0.366 e. The van der Waals surface area contributed by atoms with Crippen LogP contribution in [0.3, 0.4) is 0 Å². The van der Waals surface area contributed by atoms with Crippen LogP contribution in [0.25, 0.3) is 0 Å². The molecule has 0 amide bonds. The number of hydrogen-bond donors (Lipinski definition) is 1. The number of anilines is 1. The minimum Gasteiger partial charge on any atom is -0.366 e. The molecule has 0 saturated heterocycles. The van der Waals surface area contributed by atoms with E-state index in [1.165, 1.54) is 18.3 Å². The second-order valence-electron chi connectivity index (χ2n) is 3.37. The first kappa shape index (κ1) is 11.0. The van der Waals surface area contributed by atoms with Gasteiger partial charge in [-0.15, -0.1) is 0 Å². The Labute approximate surface area is 97.5 Å². The predicted molar refractivity (Wildman–Crippen MR) is 62.5 cm³/mol. The van der Waals surface area contributed by atoms with Gasteiger partial charge >= 0.3 is 0 Å². The van der Waals surface area contributed by atoms with Gasteiger partial charge in [0.15, 0.2) is 0 Å². The molecule has 2 rings (SSSR count). The van der Waals surface area contributed by atoms with Crippen molar-refractivity contribution < 1.29 is 4.92 Å². The van der Waals surface area contributed by atoms with Crippen LogP contribution in [0, 0.1) is 10.1 Å². The van der Waals surface area contributed by atoms with E-state index in [4.69, 9.17) is 0 Å². The molecule has 0 bridgehead atoms. The second kappa shape index (κ2) is 5.02. The highest BCUT2D eigenvalue weighted by Crippen LogP contribution is 2.14. The zero-order valence-electron chi connectivity index (χ0n) is 8.91. The maximum Gasteiger partial charge on any atom is 0.274 e. The van der Waals surface area contributed by atoms with Crippen LogP contribution in [0.1, 0.15) is 5.56 Å². The number of rotatable bonds is 4. The van der Waals surface area contributed by atoms with Crippen LogP contribution >= 0.6 is 0 Å². The van der Waals surface area contributed by atoms with Crippen molar-refractivity contribution >= 4 is 11.5 Å². The lowest BCUT2D eigenvalue weighted by Crippen LogP contribution is -2.01. The highest BCUT2D eigenvalue weighted by molar-refractivity contribution is 5.44. The van der Waals surface area contributed by atoms with E-state index in [0.29, 0.717) is 12.4 Å². The summed E-state index contributed by atoms with van der Waals surface area (Å²) >= 11 is 0. The van der Waals surface area contributed by atoms with Crippen LogP contribution in [-0.4, -0.2) is 14.9 Å². The van der Waals surface area contributed by atoms with E-state index < -0.39 is 4.92 Å². The fourth-order valence-electron chi connectivity index (χ4n) is 1.32. The van der Waals surface area contributed by atoms with Gasteiger partial charge in [-0.3, -0.25) is 15.1 Å². The molecule has 0 atom stereocenters. The van der Waals surface area contributed by atoms with Gasteiger partial charge in [-0.1, -0.05) is 0 Å². The molecule has 0 radical (unpaired) electrons.